The molecule has 212 valence electrons. The molecule has 0 bridgehead atoms. The van der Waals surface area contributed by atoms with E-state index in [0.29, 0.717) is 16.9 Å². The number of hydrogen-bond acceptors (Lipinski definition) is 5. The summed E-state index contributed by atoms with van der Waals surface area (Å²) in [5, 5.41) is 18.4. The summed E-state index contributed by atoms with van der Waals surface area (Å²) in [5.74, 6) is -0.332. The number of benzene rings is 3. The molecular weight excluding hydrogens is 546 g/mol. The van der Waals surface area contributed by atoms with Crippen LogP contribution < -0.4 is 10.7 Å². The highest BCUT2D eigenvalue weighted by Crippen LogP contribution is 2.36. The predicted octanol–water partition coefficient (Wildman–Crippen LogP) is 6.81. The van der Waals surface area contributed by atoms with E-state index < -0.39 is 23.6 Å². The summed E-state index contributed by atoms with van der Waals surface area (Å²) in [5.41, 5.74) is 4.07. The molecule has 2 heterocycles. The second-order valence-corrected chi connectivity index (χ2v) is 11.2. The van der Waals surface area contributed by atoms with Gasteiger partial charge in [-0.2, -0.15) is 0 Å². The molecule has 0 fully saturated rings. The molecule has 2 aromatic heterocycles. The van der Waals surface area contributed by atoms with E-state index in [0.717, 1.165) is 42.5 Å². The zero-order valence-corrected chi connectivity index (χ0v) is 23.7. The largest absolute Gasteiger partial charge is 0.467 e. The van der Waals surface area contributed by atoms with Crippen LogP contribution in [0.1, 0.15) is 51.8 Å². The summed E-state index contributed by atoms with van der Waals surface area (Å²) in [7, 11) is 0. The Balaban J connectivity index is 1.43. The lowest BCUT2D eigenvalue weighted by molar-refractivity contribution is -0.141. The lowest BCUT2D eigenvalue weighted by Crippen LogP contribution is -2.56. The standard InChI is InChI=1S/C34H31N3O4S/c38-32(34(40,25-15-6-2-7-16-25)26-17-8-3-9-18-26)36-37(31(29-20-12-22-41-29)24-13-4-1-5-14-24)33(39)35-28-23-42-30-21-11-10-19-27(28)30/h1-9,12-18,20,22-23,31,40H,10-11,19,21H2,(H,35,39)(H,36,38)/t31-/m1/s1. The quantitative estimate of drug-likeness (QED) is 0.185. The first-order valence-electron chi connectivity index (χ1n) is 14.0. The smallest absolute Gasteiger partial charge is 0.341 e. The maximum atomic E-state index is 14.3. The van der Waals surface area contributed by atoms with Gasteiger partial charge in [0.1, 0.15) is 11.8 Å². The average Bonchev–Trinajstić information content (AvgIpc) is 3.72. The molecule has 0 saturated heterocycles. The van der Waals surface area contributed by atoms with Crippen LogP contribution >= 0.6 is 11.3 Å². The number of thiophene rings is 1. The Hall–Kier alpha value is -4.66. The molecule has 0 aliphatic heterocycles. The number of hydrogen-bond donors (Lipinski definition) is 3. The number of nitrogens with zero attached hydrogens (tertiary/aromatic N) is 1. The fourth-order valence-electron chi connectivity index (χ4n) is 5.51. The van der Waals surface area contributed by atoms with Crippen molar-refractivity contribution >= 4 is 29.0 Å². The first-order chi connectivity index (χ1) is 20.6. The predicted molar refractivity (Wildman–Crippen MR) is 163 cm³/mol. The number of carbonyl (C=O) groups is 2. The molecule has 7 nitrogen and oxygen atoms in total. The number of aliphatic hydroxyl groups is 1. The van der Waals surface area contributed by atoms with E-state index in [1.165, 1.54) is 16.1 Å². The Labute approximate surface area is 248 Å². The summed E-state index contributed by atoms with van der Waals surface area (Å²) in [4.78, 5) is 29.8. The third-order valence-electron chi connectivity index (χ3n) is 7.64. The van der Waals surface area contributed by atoms with Crippen LogP contribution in [0.3, 0.4) is 0 Å². The van der Waals surface area contributed by atoms with Gasteiger partial charge in [0.2, 0.25) is 0 Å². The minimum atomic E-state index is -2.09. The minimum absolute atomic E-state index is 0.371. The topological polar surface area (TPSA) is 94.8 Å². The van der Waals surface area contributed by atoms with Crippen LogP contribution in [0.25, 0.3) is 0 Å². The van der Waals surface area contributed by atoms with Crippen molar-refractivity contribution < 1.29 is 19.1 Å². The van der Waals surface area contributed by atoms with Crippen LogP contribution in [0.4, 0.5) is 10.5 Å². The van der Waals surface area contributed by atoms with E-state index in [4.69, 9.17) is 4.42 Å². The molecule has 1 atom stereocenters. The zero-order chi connectivity index (χ0) is 28.9. The van der Waals surface area contributed by atoms with Crippen LogP contribution in [0, 0.1) is 0 Å². The first-order valence-corrected chi connectivity index (χ1v) is 14.9. The molecule has 3 aromatic carbocycles. The van der Waals surface area contributed by atoms with Gasteiger partial charge in [-0.1, -0.05) is 91.0 Å². The van der Waals surface area contributed by atoms with Crippen LogP contribution in [-0.4, -0.2) is 22.1 Å². The number of rotatable bonds is 7. The lowest BCUT2D eigenvalue weighted by atomic mass is 9.85. The zero-order valence-electron chi connectivity index (χ0n) is 22.9. The Morgan fingerprint density at radius 1 is 0.833 bits per heavy atom. The fraction of sp³-hybridized carbons (Fsp3) is 0.176. The number of furan rings is 1. The maximum absolute atomic E-state index is 14.3. The van der Waals surface area contributed by atoms with Crippen molar-refractivity contribution in [2.24, 2.45) is 0 Å². The molecule has 1 aliphatic carbocycles. The number of carbonyl (C=O) groups excluding carboxylic acids is 2. The van der Waals surface area contributed by atoms with Crippen LogP contribution in [-0.2, 0) is 23.2 Å². The molecule has 8 heteroatoms. The van der Waals surface area contributed by atoms with Crippen molar-refractivity contribution in [3.8, 4) is 0 Å². The number of fused-ring (bicyclic) bond motifs is 1. The van der Waals surface area contributed by atoms with Crippen LogP contribution in [0.15, 0.2) is 119 Å². The molecule has 0 unspecified atom stereocenters. The summed E-state index contributed by atoms with van der Waals surface area (Å²) in [6.45, 7) is 0. The van der Waals surface area contributed by atoms with Gasteiger partial charge in [0.05, 0.1) is 12.0 Å². The van der Waals surface area contributed by atoms with Gasteiger partial charge in [0.25, 0.3) is 5.91 Å². The van der Waals surface area contributed by atoms with E-state index >= 15 is 0 Å². The molecular formula is C34H31N3O4S. The molecule has 0 saturated carbocycles. The van der Waals surface area contributed by atoms with Crippen molar-refractivity contribution in [1.82, 2.24) is 10.4 Å². The third-order valence-corrected chi connectivity index (χ3v) is 8.73. The number of hydrazine groups is 1. The van der Waals surface area contributed by atoms with Crippen LogP contribution in [0.5, 0.6) is 0 Å². The number of amides is 3. The van der Waals surface area contributed by atoms with Gasteiger partial charge in [-0.25, -0.2) is 9.80 Å². The molecule has 6 rings (SSSR count). The fourth-order valence-corrected chi connectivity index (χ4v) is 6.59. The van der Waals surface area contributed by atoms with Crippen molar-refractivity contribution in [3.63, 3.8) is 0 Å². The number of nitrogens with one attached hydrogen (secondary N) is 2. The number of anilines is 1. The summed E-state index contributed by atoms with van der Waals surface area (Å²) in [6, 6.07) is 28.9. The van der Waals surface area contributed by atoms with E-state index in [2.05, 4.69) is 10.7 Å². The Morgan fingerprint density at radius 3 is 2.07 bits per heavy atom. The van der Waals surface area contributed by atoms with Crippen molar-refractivity contribution in [3.05, 3.63) is 148 Å². The molecule has 3 amide bonds. The normalized spacial score (nSPS) is 13.5. The molecule has 3 N–H and O–H groups in total. The highest BCUT2D eigenvalue weighted by Gasteiger charge is 2.43. The van der Waals surface area contributed by atoms with Gasteiger partial charge in [0.15, 0.2) is 5.60 Å². The van der Waals surface area contributed by atoms with E-state index in [9.17, 15) is 14.7 Å². The Bertz CT molecular complexity index is 1600. The first kappa shape index (κ1) is 27.5. The van der Waals surface area contributed by atoms with E-state index in [1.807, 2.05) is 47.8 Å². The van der Waals surface area contributed by atoms with Gasteiger partial charge in [-0.3, -0.25) is 10.2 Å². The number of aryl methyl sites for hydroxylation is 1. The second-order valence-electron chi connectivity index (χ2n) is 10.3. The summed E-state index contributed by atoms with van der Waals surface area (Å²) >= 11 is 1.64. The van der Waals surface area contributed by atoms with Crippen molar-refractivity contribution in [2.45, 2.75) is 37.3 Å². The summed E-state index contributed by atoms with van der Waals surface area (Å²) < 4.78 is 5.81. The average molecular weight is 578 g/mol. The van der Waals surface area contributed by atoms with E-state index in [-0.39, 0.29) is 0 Å². The molecule has 5 aromatic rings. The SMILES string of the molecule is O=C(Nc1csc2c1CCCC2)N(NC(=O)C(O)(c1ccccc1)c1ccccc1)[C@H](c1ccccc1)c1ccco1. The van der Waals surface area contributed by atoms with Gasteiger partial charge in [-0.05, 0) is 60.1 Å². The molecule has 42 heavy (non-hydrogen) atoms. The Morgan fingerprint density at radius 2 is 1.45 bits per heavy atom. The van der Waals surface area contributed by atoms with Gasteiger partial charge < -0.3 is 14.8 Å². The second kappa shape index (κ2) is 12.1. The lowest BCUT2D eigenvalue weighted by Gasteiger charge is -2.35. The van der Waals surface area contributed by atoms with Crippen molar-refractivity contribution in [2.75, 3.05) is 5.32 Å². The number of urea groups is 1. The summed E-state index contributed by atoms with van der Waals surface area (Å²) in [6.07, 6.45) is 5.62. The molecule has 1 aliphatic rings. The highest BCUT2D eigenvalue weighted by atomic mass is 32.1. The molecule has 0 spiro atoms. The highest BCUT2D eigenvalue weighted by molar-refractivity contribution is 7.10. The van der Waals surface area contributed by atoms with Gasteiger partial charge >= 0.3 is 6.03 Å². The Kier molecular flexibility index (Phi) is 7.90. The minimum Gasteiger partial charge on any atom is -0.467 e. The maximum Gasteiger partial charge on any atom is 0.341 e. The monoisotopic (exact) mass is 577 g/mol. The third kappa shape index (κ3) is 5.34. The van der Waals surface area contributed by atoms with Crippen molar-refractivity contribution in [1.29, 1.82) is 0 Å². The van der Waals surface area contributed by atoms with Gasteiger partial charge in [0, 0.05) is 10.3 Å². The molecule has 0 radical (unpaired) electrons. The van der Waals surface area contributed by atoms with E-state index in [1.54, 1.807) is 72.0 Å². The van der Waals surface area contributed by atoms with Gasteiger partial charge in [-0.15, -0.1) is 11.3 Å². The van der Waals surface area contributed by atoms with Crippen LogP contribution in [0.2, 0.25) is 0 Å².